The number of hydrogen-bond donors (Lipinski definition) is 1. The molecule has 2 heterocycles. The first-order chi connectivity index (χ1) is 16.1. The number of nitrogens with zero attached hydrogens (tertiary/aromatic N) is 1. The van der Waals surface area contributed by atoms with E-state index in [1.54, 1.807) is 0 Å². The van der Waals surface area contributed by atoms with Crippen molar-refractivity contribution in [1.29, 1.82) is 0 Å². The van der Waals surface area contributed by atoms with Crippen LogP contribution in [0.15, 0.2) is 48.5 Å². The average Bonchev–Trinajstić information content (AvgIpc) is 2.83. The molecular weight excluding hydrogens is 436 g/mol. The highest BCUT2D eigenvalue weighted by Crippen LogP contribution is 2.39. The molecular formula is C27H35ClN2O3. The van der Waals surface area contributed by atoms with Gasteiger partial charge in [-0.2, -0.15) is 0 Å². The SMILES string of the molecule is CC1CCCN(CCCOc2ccc(NC(=O)C3(c4ccccc4Cl)CCOCC3)cc2)C1. The molecule has 6 heteroatoms. The van der Waals surface area contributed by atoms with E-state index in [1.807, 2.05) is 48.5 Å². The molecule has 2 aliphatic rings. The first-order valence-electron chi connectivity index (χ1n) is 12.2. The third kappa shape index (κ3) is 6.08. The highest BCUT2D eigenvalue weighted by Gasteiger charge is 2.43. The van der Waals surface area contributed by atoms with Gasteiger partial charge in [0.25, 0.3) is 0 Å². The van der Waals surface area contributed by atoms with Gasteiger partial charge in [0.05, 0.1) is 12.0 Å². The fourth-order valence-corrected chi connectivity index (χ4v) is 5.36. The molecule has 33 heavy (non-hydrogen) atoms. The van der Waals surface area contributed by atoms with Crippen LogP contribution in [-0.2, 0) is 14.9 Å². The van der Waals surface area contributed by atoms with Crippen LogP contribution >= 0.6 is 11.6 Å². The molecule has 0 aliphatic carbocycles. The third-order valence-corrected chi connectivity index (χ3v) is 7.24. The van der Waals surface area contributed by atoms with Crippen LogP contribution in [0.3, 0.4) is 0 Å². The van der Waals surface area contributed by atoms with Crippen molar-refractivity contribution in [2.45, 2.75) is 44.4 Å². The number of piperidine rings is 1. The zero-order chi connectivity index (χ0) is 23.1. The molecule has 0 radical (unpaired) electrons. The third-order valence-electron chi connectivity index (χ3n) is 6.91. The molecule has 4 rings (SSSR count). The van der Waals surface area contributed by atoms with Gasteiger partial charge >= 0.3 is 0 Å². The summed E-state index contributed by atoms with van der Waals surface area (Å²) >= 11 is 6.49. The minimum absolute atomic E-state index is 0.0386. The van der Waals surface area contributed by atoms with Gasteiger partial charge in [-0.05, 0) is 80.5 Å². The number of halogens is 1. The van der Waals surface area contributed by atoms with E-state index in [4.69, 9.17) is 21.1 Å². The number of amides is 1. The van der Waals surface area contributed by atoms with Crippen LogP contribution in [0.4, 0.5) is 5.69 Å². The number of nitrogens with one attached hydrogen (secondary N) is 1. The predicted octanol–water partition coefficient (Wildman–Crippen LogP) is 5.53. The molecule has 0 bridgehead atoms. The number of hydrogen-bond acceptors (Lipinski definition) is 4. The molecule has 5 nitrogen and oxygen atoms in total. The fraction of sp³-hybridized carbons (Fsp3) is 0.519. The minimum atomic E-state index is -0.683. The quantitative estimate of drug-likeness (QED) is 0.515. The van der Waals surface area contributed by atoms with Crippen LogP contribution in [0, 0.1) is 5.92 Å². The molecule has 0 saturated carbocycles. The van der Waals surface area contributed by atoms with Gasteiger partial charge in [-0.3, -0.25) is 4.79 Å². The zero-order valence-electron chi connectivity index (χ0n) is 19.5. The van der Waals surface area contributed by atoms with E-state index in [9.17, 15) is 4.79 Å². The molecule has 2 aromatic carbocycles. The van der Waals surface area contributed by atoms with Crippen LogP contribution in [0.2, 0.25) is 5.02 Å². The van der Waals surface area contributed by atoms with Crippen molar-refractivity contribution in [2.24, 2.45) is 5.92 Å². The number of likely N-dealkylation sites (tertiary alicyclic amines) is 1. The molecule has 1 atom stereocenters. The van der Waals surface area contributed by atoms with E-state index in [1.165, 1.54) is 25.9 Å². The number of anilines is 1. The predicted molar refractivity (Wildman–Crippen MR) is 133 cm³/mol. The van der Waals surface area contributed by atoms with Crippen molar-refractivity contribution >= 4 is 23.2 Å². The number of ether oxygens (including phenoxy) is 2. The summed E-state index contributed by atoms with van der Waals surface area (Å²) in [6.07, 6.45) is 4.90. The Morgan fingerprint density at radius 2 is 1.94 bits per heavy atom. The number of carbonyl (C=O) groups is 1. The Labute approximate surface area is 202 Å². The Morgan fingerprint density at radius 3 is 2.67 bits per heavy atom. The highest BCUT2D eigenvalue weighted by molar-refractivity contribution is 6.31. The number of rotatable bonds is 8. The maximum Gasteiger partial charge on any atom is 0.235 e. The lowest BCUT2D eigenvalue weighted by atomic mass is 9.73. The second kappa shape index (κ2) is 11.4. The van der Waals surface area contributed by atoms with Crippen molar-refractivity contribution in [3.05, 3.63) is 59.1 Å². The lowest BCUT2D eigenvalue weighted by molar-refractivity contribution is -0.125. The Hall–Kier alpha value is -2.08. The molecule has 178 valence electrons. The molecule has 1 amide bonds. The van der Waals surface area contributed by atoms with Crippen LogP contribution in [0.25, 0.3) is 0 Å². The van der Waals surface area contributed by atoms with Gasteiger partial charge < -0.3 is 19.7 Å². The van der Waals surface area contributed by atoms with Gasteiger partial charge in [0, 0.05) is 37.0 Å². The first-order valence-corrected chi connectivity index (χ1v) is 12.5. The van der Waals surface area contributed by atoms with E-state index in [0.29, 0.717) is 37.7 Å². The van der Waals surface area contributed by atoms with Crippen molar-refractivity contribution in [3.63, 3.8) is 0 Å². The summed E-state index contributed by atoms with van der Waals surface area (Å²) < 4.78 is 11.5. The highest BCUT2D eigenvalue weighted by atomic mass is 35.5. The zero-order valence-corrected chi connectivity index (χ0v) is 20.3. The summed E-state index contributed by atoms with van der Waals surface area (Å²) in [7, 11) is 0. The Bertz CT molecular complexity index is 912. The summed E-state index contributed by atoms with van der Waals surface area (Å²) in [6, 6.07) is 15.3. The molecule has 0 spiro atoms. The van der Waals surface area contributed by atoms with Crippen LogP contribution in [-0.4, -0.2) is 50.3 Å². The maximum atomic E-state index is 13.5. The van der Waals surface area contributed by atoms with E-state index in [0.717, 1.165) is 35.9 Å². The Kier molecular flexibility index (Phi) is 8.29. The fourth-order valence-electron chi connectivity index (χ4n) is 5.04. The number of benzene rings is 2. The molecule has 1 unspecified atom stereocenters. The van der Waals surface area contributed by atoms with Crippen molar-refractivity contribution in [3.8, 4) is 5.75 Å². The van der Waals surface area contributed by atoms with Gasteiger partial charge in [-0.1, -0.05) is 36.7 Å². The standard InChI is InChI=1S/C27H35ClN2O3/c1-21-6-4-15-30(20-21)16-5-17-33-23-11-9-22(10-12-23)29-26(31)27(13-18-32-19-14-27)24-7-2-3-8-25(24)28/h2-3,7-12,21H,4-6,13-20H2,1H3,(H,29,31). The molecule has 0 aromatic heterocycles. The number of carbonyl (C=O) groups excluding carboxylic acids is 1. The molecule has 2 aliphatic heterocycles. The first kappa shape index (κ1) is 24.1. The van der Waals surface area contributed by atoms with Gasteiger partial charge in [0.2, 0.25) is 5.91 Å². The van der Waals surface area contributed by atoms with Crippen molar-refractivity contribution in [2.75, 3.05) is 44.8 Å². The molecule has 1 N–H and O–H groups in total. The van der Waals surface area contributed by atoms with Gasteiger partial charge in [-0.15, -0.1) is 0 Å². The van der Waals surface area contributed by atoms with E-state index < -0.39 is 5.41 Å². The monoisotopic (exact) mass is 470 g/mol. The normalized spacial score (nSPS) is 20.8. The summed E-state index contributed by atoms with van der Waals surface area (Å²) in [6.45, 7) is 7.63. The summed E-state index contributed by atoms with van der Waals surface area (Å²) in [4.78, 5) is 16.0. The smallest absolute Gasteiger partial charge is 0.235 e. The Morgan fingerprint density at radius 1 is 1.18 bits per heavy atom. The molecule has 2 fully saturated rings. The van der Waals surface area contributed by atoms with Crippen molar-refractivity contribution in [1.82, 2.24) is 4.90 Å². The summed E-state index contributed by atoms with van der Waals surface area (Å²) in [5.41, 5.74) is 0.945. The van der Waals surface area contributed by atoms with Crippen LogP contribution < -0.4 is 10.1 Å². The second-order valence-corrected chi connectivity index (χ2v) is 9.81. The van der Waals surface area contributed by atoms with Crippen LogP contribution in [0.1, 0.15) is 44.6 Å². The minimum Gasteiger partial charge on any atom is -0.494 e. The van der Waals surface area contributed by atoms with E-state index in [2.05, 4.69) is 17.1 Å². The lowest BCUT2D eigenvalue weighted by Gasteiger charge is -2.36. The van der Waals surface area contributed by atoms with Crippen LogP contribution in [0.5, 0.6) is 5.75 Å². The van der Waals surface area contributed by atoms with E-state index in [-0.39, 0.29) is 5.91 Å². The summed E-state index contributed by atoms with van der Waals surface area (Å²) in [5, 5.41) is 3.73. The van der Waals surface area contributed by atoms with Gasteiger partial charge in [0.1, 0.15) is 5.75 Å². The second-order valence-electron chi connectivity index (χ2n) is 9.40. The average molecular weight is 471 g/mol. The largest absolute Gasteiger partial charge is 0.494 e. The maximum absolute atomic E-state index is 13.5. The van der Waals surface area contributed by atoms with Crippen molar-refractivity contribution < 1.29 is 14.3 Å². The van der Waals surface area contributed by atoms with E-state index >= 15 is 0 Å². The Balaban J connectivity index is 1.32. The lowest BCUT2D eigenvalue weighted by Crippen LogP contribution is -2.45. The molecule has 2 saturated heterocycles. The molecule has 2 aromatic rings. The topological polar surface area (TPSA) is 50.8 Å². The van der Waals surface area contributed by atoms with Gasteiger partial charge in [0.15, 0.2) is 0 Å². The van der Waals surface area contributed by atoms with Gasteiger partial charge in [-0.25, -0.2) is 0 Å². The summed E-state index contributed by atoms with van der Waals surface area (Å²) in [5.74, 6) is 1.59.